The van der Waals surface area contributed by atoms with Crippen molar-refractivity contribution in [3.8, 4) is 23.3 Å². The maximum Gasteiger partial charge on any atom is 0.110 e. The van der Waals surface area contributed by atoms with Crippen LogP contribution in [0.25, 0.3) is 16.6 Å². The minimum atomic E-state index is -0.225. The number of hydrogen-bond acceptors (Lipinski definition) is 7. The Morgan fingerprint density at radius 2 is 2.03 bits per heavy atom. The average molecular weight is 458 g/mol. The molecule has 0 bridgehead atoms. The Labute approximate surface area is 196 Å². The van der Waals surface area contributed by atoms with Gasteiger partial charge in [0.2, 0.25) is 0 Å². The third-order valence-electron chi connectivity index (χ3n) is 5.93. The van der Waals surface area contributed by atoms with Crippen molar-refractivity contribution in [1.29, 1.82) is 15.9 Å². The van der Waals surface area contributed by atoms with E-state index in [4.69, 9.17) is 5.41 Å². The summed E-state index contributed by atoms with van der Waals surface area (Å²) < 4.78 is 3.67. The van der Waals surface area contributed by atoms with E-state index in [1.54, 1.807) is 4.52 Å². The Hall–Kier alpha value is -3.66. The van der Waals surface area contributed by atoms with Crippen molar-refractivity contribution in [1.82, 2.24) is 19.4 Å². The molecule has 166 valence electrons. The third-order valence-corrected chi connectivity index (χ3v) is 6.88. The number of rotatable bonds is 5. The fourth-order valence-corrected chi connectivity index (χ4v) is 5.15. The molecule has 0 spiro atoms. The molecule has 3 heterocycles. The highest BCUT2D eigenvalue weighted by atomic mass is 32.2. The van der Waals surface area contributed by atoms with Crippen LogP contribution in [0.3, 0.4) is 0 Å². The first-order valence-electron chi connectivity index (χ1n) is 10.6. The normalized spacial score (nSPS) is 18.6. The summed E-state index contributed by atoms with van der Waals surface area (Å²) in [5.74, 6) is 0. The molecule has 0 aromatic carbocycles. The summed E-state index contributed by atoms with van der Waals surface area (Å²) in [5, 5.41) is 46.2. The monoisotopic (exact) mass is 457 g/mol. The molecule has 8 nitrogen and oxygen atoms in total. The van der Waals surface area contributed by atoms with E-state index >= 15 is 0 Å². The van der Waals surface area contributed by atoms with E-state index in [-0.39, 0.29) is 22.8 Å². The van der Waals surface area contributed by atoms with Crippen LogP contribution >= 0.6 is 11.8 Å². The molecule has 4 rings (SSSR count). The first-order chi connectivity index (χ1) is 16.0. The zero-order valence-corrected chi connectivity index (χ0v) is 19.0. The van der Waals surface area contributed by atoms with Crippen molar-refractivity contribution in [2.75, 3.05) is 0 Å². The van der Waals surface area contributed by atoms with Gasteiger partial charge in [-0.1, -0.05) is 24.4 Å². The van der Waals surface area contributed by atoms with Gasteiger partial charge in [0, 0.05) is 27.9 Å². The van der Waals surface area contributed by atoms with Gasteiger partial charge in [-0.3, -0.25) is 10.1 Å². The molecule has 0 amide bonds. The van der Waals surface area contributed by atoms with Gasteiger partial charge in [0.15, 0.2) is 0 Å². The number of aliphatic hydroxyl groups is 1. The maximum absolute atomic E-state index is 9.83. The van der Waals surface area contributed by atoms with Gasteiger partial charge in [-0.15, -0.1) is 0 Å². The van der Waals surface area contributed by atoms with Crippen molar-refractivity contribution in [2.24, 2.45) is 0 Å². The minimum absolute atomic E-state index is 0.0646. The molecule has 3 aromatic heterocycles. The Kier molecular flexibility index (Phi) is 6.45. The second-order valence-corrected chi connectivity index (χ2v) is 9.02. The largest absolute Gasteiger partial charge is 0.393 e. The van der Waals surface area contributed by atoms with E-state index in [1.165, 1.54) is 18.3 Å². The molecule has 0 saturated heterocycles. The molecule has 0 atom stereocenters. The Morgan fingerprint density at radius 1 is 1.27 bits per heavy atom. The van der Waals surface area contributed by atoms with Crippen LogP contribution in [0.1, 0.15) is 43.0 Å². The van der Waals surface area contributed by atoms with Crippen LogP contribution in [0.4, 0.5) is 0 Å². The number of thioether (sulfide) groups is 1. The Bertz CT molecular complexity index is 1340. The van der Waals surface area contributed by atoms with E-state index in [1.807, 2.05) is 36.1 Å². The van der Waals surface area contributed by atoms with Crippen LogP contribution in [-0.2, 0) is 0 Å². The molecule has 0 aliphatic heterocycles. The summed E-state index contributed by atoms with van der Waals surface area (Å²) in [6.07, 6.45) is 11.2. The molecular weight excluding hydrogens is 434 g/mol. The van der Waals surface area contributed by atoms with Gasteiger partial charge in [0.05, 0.1) is 41.2 Å². The summed E-state index contributed by atoms with van der Waals surface area (Å²) in [4.78, 5) is 0.657. The van der Waals surface area contributed by atoms with Crippen LogP contribution in [0, 0.1) is 35.0 Å². The molecule has 1 aliphatic rings. The fraction of sp³-hybridized carbons (Fsp3) is 0.292. The van der Waals surface area contributed by atoms with Gasteiger partial charge in [0.1, 0.15) is 17.2 Å². The number of allylic oxidation sites excluding steroid dienone is 2. The quantitative estimate of drug-likeness (QED) is 0.190. The first-order valence-corrected chi connectivity index (χ1v) is 11.4. The van der Waals surface area contributed by atoms with Crippen molar-refractivity contribution in [2.45, 2.75) is 49.6 Å². The van der Waals surface area contributed by atoms with Crippen LogP contribution in [0.2, 0.25) is 0 Å². The first kappa shape index (κ1) is 22.5. The molecule has 0 unspecified atom stereocenters. The zero-order valence-electron chi connectivity index (χ0n) is 18.2. The summed E-state index contributed by atoms with van der Waals surface area (Å²) in [7, 11) is 0. The van der Waals surface area contributed by atoms with Crippen LogP contribution < -0.4 is 0 Å². The molecule has 1 saturated carbocycles. The minimum Gasteiger partial charge on any atom is -0.393 e. The number of nitrogens with one attached hydrogen (secondary N) is 1. The predicted molar refractivity (Wildman–Crippen MR) is 127 cm³/mol. The molecule has 1 fully saturated rings. The Morgan fingerprint density at radius 3 is 2.70 bits per heavy atom. The molecule has 3 aromatic rings. The van der Waals surface area contributed by atoms with E-state index < -0.39 is 0 Å². The molecule has 9 heteroatoms. The van der Waals surface area contributed by atoms with E-state index in [0.29, 0.717) is 16.0 Å². The van der Waals surface area contributed by atoms with E-state index in [2.05, 4.69) is 22.8 Å². The second kappa shape index (κ2) is 9.45. The topological polar surface area (TPSA) is 127 Å². The van der Waals surface area contributed by atoms with Crippen molar-refractivity contribution in [3.63, 3.8) is 0 Å². The molecule has 2 N–H and O–H groups in total. The summed E-state index contributed by atoms with van der Waals surface area (Å²) in [5.41, 5.74) is 4.00. The number of nitrogens with zero attached hydrogens (tertiary/aromatic N) is 6. The molecule has 0 radical (unpaired) electrons. The van der Waals surface area contributed by atoms with Crippen molar-refractivity contribution in [3.05, 3.63) is 60.2 Å². The lowest BCUT2D eigenvalue weighted by Gasteiger charge is -2.26. The third kappa shape index (κ3) is 4.34. The summed E-state index contributed by atoms with van der Waals surface area (Å²) in [6.45, 7) is 5.63. The van der Waals surface area contributed by atoms with Gasteiger partial charge in [-0.2, -0.15) is 20.7 Å². The van der Waals surface area contributed by atoms with Crippen LogP contribution in [0.15, 0.2) is 53.9 Å². The fourth-order valence-electron chi connectivity index (χ4n) is 4.22. The number of pyridine rings is 1. The van der Waals surface area contributed by atoms with Gasteiger partial charge in [-0.25, -0.2) is 4.52 Å². The van der Waals surface area contributed by atoms with Gasteiger partial charge in [0.25, 0.3) is 0 Å². The van der Waals surface area contributed by atoms with E-state index in [9.17, 15) is 15.6 Å². The van der Waals surface area contributed by atoms with Gasteiger partial charge in [-0.05, 0) is 44.7 Å². The number of fused-ring (bicyclic) bond motifs is 1. The zero-order chi connectivity index (χ0) is 23.5. The van der Waals surface area contributed by atoms with E-state index in [0.717, 1.165) is 54.3 Å². The molecule has 33 heavy (non-hydrogen) atoms. The average Bonchev–Trinajstić information content (AvgIpc) is 3.41. The smallest absolute Gasteiger partial charge is 0.110 e. The highest BCUT2D eigenvalue weighted by Gasteiger charge is 2.24. The standard InChI is InChI=1S/C24H23N7OS/c1-3-4-16(10-25)24(27)33-22-9-17(14-30-23(22)18(11-26)12-28-30)21-13-29-31(15(21)2)19-5-7-20(32)8-6-19/h3-4,9,12-14,19-20,27,32H,1,5-8H2,2H3/b16-4-,27-24?. The van der Waals surface area contributed by atoms with Crippen LogP contribution in [-0.4, -0.2) is 35.6 Å². The lowest BCUT2D eigenvalue weighted by molar-refractivity contribution is 0.107. The number of aliphatic hydroxyl groups excluding tert-OH is 1. The number of hydrogen-bond donors (Lipinski definition) is 2. The van der Waals surface area contributed by atoms with Gasteiger partial charge >= 0.3 is 0 Å². The number of aromatic nitrogens is 4. The lowest BCUT2D eigenvalue weighted by Crippen LogP contribution is -2.22. The van der Waals surface area contributed by atoms with Crippen molar-refractivity contribution < 1.29 is 5.11 Å². The maximum atomic E-state index is 9.83. The molecular formula is C24H23N7OS. The Balaban J connectivity index is 1.77. The highest BCUT2D eigenvalue weighted by molar-refractivity contribution is 8.14. The lowest BCUT2D eigenvalue weighted by atomic mass is 9.93. The summed E-state index contributed by atoms with van der Waals surface area (Å²) >= 11 is 1.11. The predicted octanol–water partition coefficient (Wildman–Crippen LogP) is 4.56. The highest BCUT2D eigenvalue weighted by Crippen LogP contribution is 2.36. The number of nitriles is 2. The van der Waals surface area contributed by atoms with Crippen LogP contribution in [0.5, 0.6) is 0 Å². The summed E-state index contributed by atoms with van der Waals surface area (Å²) in [6, 6.07) is 6.34. The van der Waals surface area contributed by atoms with Crippen molar-refractivity contribution >= 4 is 22.3 Å². The second-order valence-electron chi connectivity index (χ2n) is 7.97. The SMILES string of the molecule is C=C/C=C(/C#N)C(=N)Sc1cc(-c2cnn(C3CCC(O)CC3)c2C)cn2ncc(C#N)c12. The molecule has 1 aliphatic carbocycles. The van der Waals surface area contributed by atoms with Gasteiger partial charge < -0.3 is 5.11 Å².